The van der Waals surface area contributed by atoms with Gasteiger partial charge in [-0.3, -0.25) is 4.79 Å². The standard InChI is InChI=1S/C34H38F3N3O6/c1-44-33(43)40-31(30(24-11-4-2-5-12-24)25-13-6-3-7-14-25)29(41)18-26-15-9-8-10-23(26)16-17-28-19-38-27(20-45-28)21-46-32(42)39-22-34(35,36)37/h2-15,27-28,30-31,38H,16-22H2,1H3,(H,39,42)(H,40,43)/t27-,28+,31+/m0/s1. The summed E-state index contributed by atoms with van der Waals surface area (Å²) < 4.78 is 52.4. The van der Waals surface area contributed by atoms with Crippen LogP contribution in [0.4, 0.5) is 22.8 Å². The smallest absolute Gasteiger partial charge is 0.407 e. The molecule has 4 rings (SSSR count). The molecule has 1 fully saturated rings. The van der Waals surface area contributed by atoms with Gasteiger partial charge >= 0.3 is 18.4 Å². The highest BCUT2D eigenvalue weighted by Crippen LogP contribution is 2.30. The lowest BCUT2D eigenvalue weighted by atomic mass is 9.81. The maximum Gasteiger partial charge on any atom is 0.407 e. The van der Waals surface area contributed by atoms with Gasteiger partial charge in [-0.2, -0.15) is 13.2 Å². The molecule has 3 atom stereocenters. The Morgan fingerprint density at radius 1 is 0.913 bits per heavy atom. The molecule has 0 aromatic heterocycles. The highest BCUT2D eigenvalue weighted by atomic mass is 19.4. The van der Waals surface area contributed by atoms with Crippen molar-refractivity contribution in [2.75, 3.05) is 33.4 Å². The van der Waals surface area contributed by atoms with Crippen LogP contribution in [0.1, 0.15) is 34.6 Å². The fourth-order valence-corrected chi connectivity index (χ4v) is 5.38. The Morgan fingerprint density at radius 3 is 2.09 bits per heavy atom. The molecule has 0 spiro atoms. The third kappa shape index (κ3) is 10.6. The Hall–Kier alpha value is -4.42. The van der Waals surface area contributed by atoms with Crippen LogP contribution >= 0.6 is 0 Å². The van der Waals surface area contributed by atoms with Gasteiger partial charge in [0, 0.05) is 18.9 Å². The molecule has 3 N–H and O–H groups in total. The number of carbonyl (C=O) groups is 3. The van der Waals surface area contributed by atoms with Crippen molar-refractivity contribution in [2.24, 2.45) is 0 Å². The lowest BCUT2D eigenvalue weighted by Crippen LogP contribution is -2.49. The number of halogens is 3. The molecular formula is C34H38F3N3O6. The molecule has 2 amide bonds. The highest BCUT2D eigenvalue weighted by molar-refractivity contribution is 5.91. The number of alkyl halides is 3. The lowest BCUT2D eigenvalue weighted by molar-refractivity contribution is -0.124. The molecule has 1 heterocycles. The number of amides is 2. The SMILES string of the molecule is COC(=O)N[C@H](C(=O)Cc1ccccc1CC[C@@H]1CN[C@H](COC(=O)NCC(F)(F)F)CO1)C(c1ccccc1)c1ccccc1. The molecular weight excluding hydrogens is 603 g/mol. The van der Waals surface area contributed by atoms with Crippen LogP contribution in [-0.4, -0.2) is 75.7 Å². The number of hydrogen-bond donors (Lipinski definition) is 3. The van der Waals surface area contributed by atoms with Gasteiger partial charge in [-0.1, -0.05) is 84.9 Å². The number of morpholine rings is 1. The first-order valence-electron chi connectivity index (χ1n) is 15.0. The van der Waals surface area contributed by atoms with Gasteiger partial charge in [-0.05, 0) is 35.1 Å². The van der Waals surface area contributed by atoms with E-state index in [2.05, 4.69) is 10.6 Å². The molecule has 9 nitrogen and oxygen atoms in total. The van der Waals surface area contributed by atoms with Crippen molar-refractivity contribution in [3.63, 3.8) is 0 Å². The molecule has 3 aromatic carbocycles. The fraction of sp³-hybridized carbons (Fsp3) is 0.382. The van der Waals surface area contributed by atoms with Crippen LogP contribution in [0.5, 0.6) is 0 Å². The Morgan fingerprint density at radius 2 is 1.52 bits per heavy atom. The van der Waals surface area contributed by atoms with E-state index in [1.54, 1.807) is 5.32 Å². The largest absolute Gasteiger partial charge is 0.453 e. The van der Waals surface area contributed by atoms with Crippen molar-refractivity contribution >= 4 is 18.0 Å². The number of aryl methyl sites for hydroxylation is 1. The highest BCUT2D eigenvalue weighted by Gasteiger charge is 2.33. The monoisotopic (exact) mass is 641 g/mol. The number of hydrogen-bond acceptors (Lipinski definition) is 7. The summed E-state index contributed by atoms with van der Waals surface area (Å²) in [6, 6.07) is 25.5. The molecule has 246 valence electrons. The van der Waals surface area contributed by atoms with Gasteiger partial charge in [0.1, 0.15) is 19.2 Å². The minimum atomic E-state index is -4.52. The van der Waals surface area contributed by atoms with Gasteiger partial charge in [0.25, 0.3) is 0 Å². The van der Waals surface area contributed by atoms with Gasteiger partial charge in [-0.25, -0.2) is 9.59 Å². The normalized spacial score (nSPS) is 17.2. The molecule has 0 bridgehead atoms. The van der Waals surface area contributed by atoms with Crippen molar-refractivity contribution in [1.29, 1.82) is 0 Å². The second-order valence-corrected chi connectivity index (χ2v) is 11.0. The Balaban J connectivity index is 1.38. The number of ether oxygens (including phenoxy) is 3. The molecule has 0 aliphatic carbocycles. The van der Waals surface area contributed by atoms with E-state index in [9.17, 15) is 27.6 Å². The molecule has 1 saturated heterocycles. The number of rotatable bonds is 13. The Bertz CT molecular complexity index is 1380. The van der Waals surface area contributed by atoms with E-state index in [0.717, 1.165) is 22.3 Å². The number of carbonyl (C=O) groups excluding carboxylic acids is 3. The summed E-state index contributed by atoms with van der Waals surface area (Å²) in [6.45, 7) is -0.910. The summed E-state index contributed by atoms with van der Waals surface area (Å²) in [5.74, 6) is -0.622. The predicted molar refractivity (Wildman–Crippen MR) is 164 cm³/mol. The second kappa shape index (κ2) is 16.8. The second-order valence-electron chi connectivity index (χ2n) is 11.0. The molecule has 0 unspecified atom stereocenters. The topological polar surface area (TPSA) is 115 Å². The van der Waals surface area contributed by atoms with Crippen molar-refractivity contribution in [1.82, 2.24) is 16.0 Å². The van der Waals surface area contributed by atoms with E-state index in [0.29, 0.717) is 19.4 Å². The maximum atomic E-state index is 14.0. The van der Waals surface area contributed by atoms with Crippen LogP contribution in [0, 0.1) is 0 Å². The molecule has 12 heteroatoms. The molecule has 46 heavy (non-hydrogen) atoms. The summed E-state index contributed by atoms with van der Waals surface area (Å²) in [5.41, 5.74) is 3.57. The van der Waals surface area contributed by atoms with E-state index in [1.165, 1.54) is 7.11 Å². The van der Waals surface area contributed by atoms with Crippen LogP contribution in [0.25, 0.3) is 0 Å². The minimum Gasteiger partial charge on any atom is -0.453 e. The van der Waals surface area contributed by atoms with Gasteiger partial charge in [0.15, 0.2) is 5.78 Å². The van der Waals surface area contributed by atoms with E-state index < -0.39 is 36.9 Å². The zero-order chi connectivity index (χ0) is 32.9. The zero-order valence-electron chi connectivity index (χ0n) is 25.4. The number of benzene rings is 3. The van der Waals surface area contributed by atoms with Crippen LogP contribution < -0.4 is 16.0 Å². The fourth-order valence-electron chi connectivity index (χ4n) is 5.38. The van der Waals surface area contributed by atoms with Crippen LogP contribution in [0.3, 0.4) is 0 Å². The molecule has 3 aromatic rings. The van der Waals surface area contributed by atoms with Crippen LogP contribution in [0.2, 0.25) is 0 Å². The molecule has 1 aliphatic heterocycles. The first-order valence-corrected chi connectivity index (χ1v) is 15.0. The molecule has 1 aliphatic rings. The van der Waals surface area contributed by atoms with Crippen molar-refractivity contribution < 1.29 is 41.8 Å². The third-order valence-corrected chi connectivity index (χ3v) is 7.69. The number of alkyl carbamates (subject to hydrolysis) is 2. The quantitative estimate of drug-likeness (QED) is 0.243. The van der Waals surface area contributed by atoms with Gasteiger partial charge in [0.2, 0.25) is 0 Å². The molecule has 0 radical (unpaired) electrons. The summed E-state index contributed by atoms with van der Waals surface area (Å²) in [5, 5.41) is 7.67. The predicted octanol–water partition coefficient (Wildman–Crippen LogP) is 4.93. The van der Waals surface area contributed by atoms with Gasteiger partial charge < -0.3 is 30.2 Å². The summed E-state index contributed by atoms with van der Waals surface area (Å²) in [7, 11) is 1.26. The van der Waals surface area contributed by atoms with E-state index in [1.807, 2.05) is 84.9 Å². The Kier molecular flexibility index (Phi) is 12.6. The van der Waals surface area contributed by atoms with Crippen LogP contribution in [-0.2, 0) is 31.8 Å². The summed E-state index contributed by atoms with van der Waals surface area (Å²) >= 11 is 0. The Labute approximate surface area is 265 Å². The average Bonchev–Trinajstić information content (AvgIpc) is 3.06. The van der Waals surface area contributed by atoms with Crippen molar-refractivity contribution in [3.8, 4) is 0 Å². The minimum absolute atomic E-state index is 0.0839. The number of ketones is 1. The number of methoxy groups -OCH3 is 1. The summed E-state index contributed by atoms with van der Waals surface area (Å²) in [6.07, 6.45) is -5.18. The number of nitrogens with one attached hydrogen (secondary N) is 3. The maximum absolute atomic E-state index is 14.0. The average molecular weight is 642 g/mol. The zero-order valence-corrected chi connectivity index (χ0v) is 25.4. The van der Waals surface area contributed by atoms with Crippen molar-refractivity contribution in [3.05, 3.63) is 107 Å². The first kappa shape index (κ1) is 34.5. The van der Waals surface area contributed by atoms with E-state index in [-0.39, 0.29) is 37.6 Å². The third-order valence-electron chi connectivity index (χ3n) is 7.69. The number of Topliss-reactive ketones (excluding diaryl/α,β-unsaturated/α-hetero) is 1. The lowest BCUT2D eigenvalue weighted by Gasteiger charge is -2.30. The molecule has 0 saturated carbocycles. The van der Waals surface area contributed by atoms with E-state index >= 15 is 0 Å². The van der Waals surface area contributed by atoms with Crippen molar-refractivity contribution in [2.45, 2.75) is 49.5 Å². The van der Waals surface area contributed by atoms with Gasteiger partial charge in [0.05, 0.1) is 25.9 Å². The van der Waals surface area contributed by atoms with E-state index in [4.69, 9.17) is 14.2 Å². The first-order chi connectivity index (χ1) is 22.1. The van der Waals surface area contributed by atoms with Crippen LogP contribution in [0.15, 0.2) is 84.9 Å². The summed E-state index contributed by atoms with van der Waals surface area (Å²) in [4.78, 5) is 38.0. The van der Waals surface area contributed by atoms with Gasteiger partial charge in [-0.15, -0.1) is 0 Å².